The molecule has 1 aliphatic heterocycles. The number of cyclic esters (lactones) is 1. The number of benzene rings is 1. The maximum absolute atomic E-state index is 12.9. The average Bonchev–Trinajstić information content (AvgIpc) is 2.23. The third-order valence-corrected chi connectivity index (χ3v) is 2.15. The molecule has 0 saturated carbocycles. The van der Waals surface area contributed by atoms with E-state index in [0.29, 0.717) is 24.2 Å². The quantitative estimate of drug-likeness (QED) is 0.665. The molecule has 0 aromatic heterocycles. The molecule has 0 unspecified atom stereocenters. The fraction of sp³-hybridized carbons (Fsp3) is 0.182. The standard InChI is InChI=1S/C11H8F2O2/c12-9-4-3-7(6-10(9)13)8-2-1-5-15-11(8)14/h2-4,6H,1,5H2. The van der Waals surface area contributed by atoms with E-state index in [1.54, 1.807) is 6.08 Å². The zero-order chi connectivity index (χ0) is 10.8. The molecule has 0 fully saturated rings. The first-order valence-corrected chi connectivity index (χ1v) is 4.51. The zero-order valence-electron chi connectivity index (χ0n) is 7.80. The molecule has 0 spiro atoms. The Morgan fingerprint density at radius 2 is 2.00 bits per heavy atom. The molecule has 0 atom stereocenters. The summed E-state index contributed by atoms with van der Waals surface area (Å²) in [5, 5.41) is 0. The first-order chi connectivity index (χ1) is 7.18. The van der Waals surface area contributed by atoms with E-state index in [0.717, 1.165) is 12.1 Å². The van der Waals surface area contributed by atoms with E-state index in [-0.39, 0.29) is 0 Å². The first-order valence-electron chi connectivity index (χ1n) is 4.51. The Balaban J connectivity index is 2.41. The number of esters is 1. The molecule has 1 aliphatic rings. The number of ether oxygens (including phenoxy) is 1. The summed E-state index contributed by atoms with van der Waals surface area (Å²) < 4.78 is 30.4. The predicted molar refractivity (Wildman–Crippen MR) is 49.9 cm³/mol. The summed E-state index contributed by atoms with van der Waals surface area (Å²) in [6.45, 7) is 0.339. The van der Waals surface area contributed by atoms with Crippen molar-refractivity contribution in [2.45, 2.75) is 6.42 Å². The van der Waals surface area contributed by atoms with E-state index in [9.17, 15) is 13.6 Å². The summed E-state index contributed by atoms with van der Waals surface area (Å²) >= 11 is 0. The van der Waals surface area contributed by atoms with Crippen LogP contribution >= 0.6 is 0 Å². The van der Waals surface area contributed by atoms with Gasteiger partial charge in [0, 0.05) is 6.42 Å². The normalized spacial score (nSPS) is 15.9. The van der Waals surface area contributed by atoms with Crippen molar-refractivity contribution in [3.8, 4) is 0 Å². The van der Waals surface area contributed by atoms with Gasteiger partial charge in [0.15, 0.2) is 11.6 Å². The van der Waals surface area contributed by atoms with Gasteiger partial charge in [-0.2, -0.15) is 0 Å². The molecule has 0 N–H and O–H groups in total. The molecule has 0 saturated heterocycles. The molecule has 0 radical (unpaired) electrons. The van der Waals surface area contributed by atoms with Crippen LogP contribution in [0.15, 0.2) is 24.3 Å². The number of halogens is 2. The summed E-state index contributed by atoms with van der Waals surface area (Å²) in [4.78, 5) is 11.3. The van der Waals surface area contributed by atoms with Gasteiger partial charge in [-0.15, -0.1) is 0 Å². The molecule has 1 heterocycles. The minimum Gasteiger partial charge on any atom is -0.462 e. The van der Waals surface area contributed by atoms with Gasteiger partial charge in [0.2, 0.25) is 0 Å². The van der Waals surface area contributed by atoms with Gasteiger partial charge in [-0.1, -0.05) is 12.1 Å². The maximum Gasteiger partial charge on any atom is 0.338 e. The van der Waals surface area contributed by atoms with Crippen molar-refractivity contribution < 1.29 is 18.3 Å². The highest BCUT2D eigenvalue weighted by molar-refractivity contribution is 6.16. The highest BCUT2D eigenvalue weighted by Crippen LogP contribution is 2.21. The van der Waals surface area contributed by atoms with Crippen LogP contribution in [0.5, 0.6) is 0 Å². The van der Waals surface area contributed by atoms with Gasteiger partial charge < -0.3 is 4.74 Å². The van der Waals surface area contributed by atoms with Crippen molar-refractivity contribution >= 4 is 11.5 Å². The number of rotatable bonds is 1. The Morgan fingerprint density at radius 1 is 1.20 bits per heavy atom. The second kappa shape index (κ2) is 3.81. The molecule has 0 amide bonds. The van der Waals surface area contributed by atoms with Crippen molar-refractivity contribution in [2.75, 3.05) is 6.61 Å². The molecule has 4 heteroatoms. The lowest BCUT2D eigenvalue weighted by atomic mass is 10.0. The Kier molecular flexibility index (Phi) is 2.49. The number of hydrogen-bond donors (Lipinski definition) is 0. The Hall–Kier alpha value is -1.71. The van der Waals surface area contributed by atoms with Gasteiger partial charge in [0.05, 0.1) is 12.2 Å². The van der Waals surface area contributed by atoms with Crippen LogP contribution in [0, 0.1) is 11.6 Å². The summed E-state index contributed by atoms with van der Waals surface area (Å²) in [5.41, 5.74) is 0.638. The monoisotopic (exact) mass is 210 g/mol. The second-order valence-electron chi connectivity index (χ2n) is 3.17. The Morgan fingerprint density at radius 3 is 2.67 bits per heavy atom. The number of carbonyl (C=O) groups excluding carboxylic acids is 1. The van der Waals surface area contributed by atoms with Crippen LogP contribution in [0.4, 0.5) is 8.78 Å². The van der Waals surface area contributed by atoms with E-state index in [1.165, 1.54) is 6.07 Å². The van der Waals surface area contributed by atoms with Crippen LogP contribution in [0.1, 0.15) is 12.0 Å². The van der Waals surface area contributed by atoms with Gasteiger partial charge in [-0.3, -0.25) is 0 Å². The molecule has 1 aromatic carbocycles. The fourth-order valence-electron chi connectivity index (χ4n) is 1.42. The molecule has 1 aromatic rings. The van der Waals surface area contributed by atoms with Gasteiger partial charge >= 0.3 is 5.97 Å². The average molecular weight is 210 g/mol. The summed E-state index contributed by atoms with van der Waals surface area (Å²) in [5.74, 6) is -2.39. The van der Waals surface area contributed by atoms with Crippen molar-refractivity contribution in [3.63, 3.8) is 0 Å². The SMILES string of the molecule is O=C1OCCC=C1c1ccc(F)c(F)c1. The molecule has 0 aliphatic carbocycles. The van der Waals surface area contributed by atoms with E-state index >= 15 is 0 Å². The zero-order valence-corrected chi connectivity index (χ0v) is 7.80. The largest absolute Gasteiger partial charge is 0.462 e. The lowest BCUT2D eigenvalue weighted by molar-refractivity contribution is -0.137. The van der Waals surface area contributed by atoms with Gasteiger partial charge in [0.25, 0.3) is 0 Å². The minimum absolute atomic E-state index is 0.292. The van der Waals surface area contributed by atoms with E-state index in [2.05, 4.69) is 0 Å². The van der Waals surface area contributed by atoms with Crippen LogP contribution in [-0.2, 0) is 9.53 Å². The van der Waals surface area contributed by atoms with Crippen molar-refractivity contribution in [3.05, 3.63) is 41.5 Å². The highest BCUT2D eigenvalue weighted by Gasteiger charge is 2.17. The van der Waals surface area contributed by atoms with Crippen LogP contribution in [0.25, 0.3) is 5.57 Å². The van der Waals surface area contributed by atoms with Crippen molar-refractivity contribution in [1.82, 2.24) is 0 Å². The van der Waals surface area contributed by atoms with Crippen molar-refractivity contribution in [1.29, 1.82) is 0 Å². The molecule has 2 nitrogen and oxygen atoms in total. The summed E-state index contributed by atoms with van der Waals surface area (Å²) in [6.07, 6.45) is 2.26. The van der Waals surface area contributed by atoms with Crippen LogP contribution in [0.2, 0.25) is 0 Å². The highest BCUT2D eigenvalue weighted by atomic mass is 19.2. The number of carbonyl (C=O) groups is 1. The molecule has 15 heavy (non-hydrogen) atoms. The topological polar surface area (TPSA) is 26.3 Å². The molecule has 2 rings (SSSR count). The molecule has 0 bridgehead atoms. The van der Waals surface area contributed by atoms with E-state index in [1.807, 2.05) is 0 Å². The van der Waals surface area contributed by atoms with Crippen molar-refractivity contribution in [2.24, 2.45) is 0 Å². The molecule has 78 valence electrons. The predicted octanol–water partition coefficient (Wildman–Crippen LogP) is 2.30. The third-order valence-electron chi connectivity index (χ3n) is 2.15. The molecular formula is C11H8F2O2. The third kappa shape index (κ3) is 1.88. The smallest absolute Gasteiger partial charge is 0.338 e. The lowest BCUT2D eigenvalue weighted by Gasteiger charge is -2.12. The minimum atomic E-state index is -0.966. The van der Waals surface area contributed by atoms with Gasteiger partial charge in [0.1, 0.15) is 0 Å². The maximum atomic E-state index is 12.9. The van der Waals surface area contributed by atoms with E-state index < -0.39 is 17.6 Å². The Bertz CT molecular complexity index is 438. The van der Waals surface area contributed by atoms with E-state index in [4.69, 9.17) is 4.74 Å². The van der Waals surface area contributed by atoms with Crippen LogP contribution < -0.4 is 0 Å². The van der Waals surface area contributed by atoms with Gasteiger partial charge in [-0.25, -0.2) is 13.6 Å². The first kappa shape index (κ1) is 9.83. The second-order valence-corrected chi connectivity index (χ2v) is 3.17. The summed E-state index contributed by atoms with van der Waals surface area (Å²) in [6, 6.07) is 3.35. The van der Waals surface area contributed by atoms with Crippen LogP contribution in [-0.4, -0.2) is 12.6 Å². The lowest BCUT2D eigenvalue weighted by Crippen LogP contribution is -2.12. The summed E-state index contributed by atoms with van der Waals surface area (Å²) in [7, 11) is 0. The number of hydrogen-bond acceptors (Lipinski definition) is 2. The van der Waals surface area contributed by atoms with Crippen LogP contribution in [0.3, 0.4) is 0 Å². The van der Waals surface area contributed by atoms with Gasteiger partial charge in [-0.05, 0) is 17.7 Å². The molecular weight excluding hydrogens is 202 g/mol. The Labute approximate surface area is 85.2 Å². The fourth-order valence-corrected chi connectivity index (χ4v) is 1.42.